The molecular formula is C45H72O6. The third-order valence-electron chi connectivity index (χ3n) is 8.98. The molecule has 0 fully saturated rings. The summed E-state index contributed by atoms with van der Waals surface area (Å²) in [6.07, 6.45) is 25.8. The Balaban J connectivity index is 2.42. The fraction of sp³-hybridized carbons (Fsp3) is 0.667. The average Bonchev–Trinajstić information content (AvgIpc) is 3.14. The maximum absolute atomic E-state index is 14.2. The summed E-state index contributed by atoms with van der Waals surface area (Å²) in [5.41, 5.74) is 1.28. The number of carbonyl (C=O) groups is 1. The van der Waals surface area contributed by atoms with Gasteiger partial charge in [0.2, 0.25) is 0 Å². The Hall–Kier alpha value is -3.15. The number of allylic oxidation sites excluding steroid dienone is 1. The number of unbranched alkanes of at least 4 members (excludes halogenated alkanes) is 15. The van der Waals surface area contributed by atoms with Gasteiger partial charge in [-0.1, -0.05) is 131 Å². The Morgan fingerprint density at radius 3 is 1.43 bits per heavy atom. The van der Waals surface area contributed by atoms with Crippen molar-refractivity contribution in [3.8, 4) is 28.7 Å². The van der Waals surface area contributed by atoms with Crippen LogP contribution in [-0.2, 0) is 0 Å². The molecule has 288 valence electrons. The van der Waals surface area contributed by atoms with Gasteiger partial charge in [0.25, 0.3) is 0 Å². The molecule has 0 N–H and O–H groups in total. The van der Waals surface area contributed by atoms with Crippen molar-refractivity contribution in [1.29, 1.82) is 0 Å². The second-order valence-electron chi connectivity index (χ2n) is 13.7. The lowest BCUT2D eigenvalue weighted by atomic mass is 10.1. The molecule has 0 unspecified atom stereocenters. The average molecular weight is 709 g/mol. The van der Waals surface area contributed by atoms with E-state index in [1.54, 1.807) is 6.08 Å². The van der Waals surface area contributed by atoms with Gasteiger partial charge in [0.1, 0.15) is 17.2 Å². The molecule has 0 heterocycles. The van der Waals surface area contributed by atoms with Gasteiger partial charge in [0.15, 0.2) is 17.3 Å². The van der Waals surface area contributed by atoms with Gasteiger partial charge < -0.3 is 23.7 Å². The van der Waals surface area contributed by atoms with Crippen molar-refractivity contribution in [2.75, 3.05) is 33.0 Å². The Kier molecular flexibility index (Phi) is 25.4. The number of hydrogen-bond acceptors (Lipinski definition) is 6. The summed E-state index contributed by atoms with van der Waals surface area (Å²) in [4.78, 5) is 14.2. The van der Waals surface area contributed by atoms with Gasteiger partial charge in [-0.3, -0.25) is 4.79 Å². The van der Waals surface area contributed by atoms with Crippen LogP contribution in [0.3, 0.4) is 0 Å². The van der Waals surface area contributed by atoms with Crippen molar-refractivity contribution in [3.63, 3.8) is 0 Å². The topological polar surface area (TPSA) is 63.2 Å². The van der Waals surface area contributed by atoms with Gasteiger partial charge in [-0.25, -0.2) is 0 Å². The maximum Gasteiger partial charge on any atom is 0.189 e. The van der Waals surface area contributed by atoms with Crippen LogP contribution in [-0.4, -0.2) is 38.8 Å². The van der Waals surface area contributed by atoms with Crippen LogP contribution >= 0.6 is 0 Å². The van der Waals surface area contributed by atoms with Crippen molar-refractivity contribution >= 4 is 11.9 Å². The monoisotopic (exact) mass is 709 g/mol. The van der Waals surface area contributed by atoms with Gasteiger partial charge in [-0.2, -0.15) is 0 Å². The zero-order valence-electron chi connectivity index (χ0n) is 33.2. The quantitative estimate of drug-likeness (QED) is 0.0418. The maximum atomic E-state index is 14.2. The molecule has 6 nitrogen and oxygen atoms in total. The zero-order chi connectivity index (χ0) is 36.8. The van der Waals surface area contributed by atoms with Gasteiger partial charge in [-0.15, -0.1) is 0 Å². The Labute approximate surface area is 312 Å². The van der Waals surface area contributed by atoms with E-state index in [2.05, 4.69) is 34.6 Å². The van der Waals surface area contributed by atoms with E-state index in [-0.39, 0.29) is 5.78 Å². The van der Waals surface area contributed by atoms with E-state index < -0.39 is 0 Å². The van der Waals surface area contributed by atoms with Crippen LogP contribution in [0, 0.1) is 0 Å². The van der Waals surface area contributed by atoms with Crippen LogP contribution in [0.5, 0.6) is 28.7 Å². The predicted octanol–water partition coefficient (Wildman–Crippen LogP) is 13.4. The molecule has 0 spiro atoms. The molecule has 0 aliphatic rings. The van der Waals surface area contributed by atoms with Crippen molar-refractivity contribution in [2.24, 2.45) is 0 Å². The second kappa shape index (κ2) is 29.4. The Morgan fingerprint density at radius 1 is 0.471 bits per heavy atom. The number of hydrogen-bond donors (Lipinski definition) is 0. The molecule has 0 bridgehead atoms. The number of ketones is 1. The molecule has 0 aromatic heterocycles. The number of ether oxygens (including phenoxy) is 5. The highest BCUT2D eigenvalue weighted by molar-refractivity contribution is 6.09. The Morgan fingerprint density at radius 2 is 0.922 bits per heavy atom. The van der Waals surface area contributed by atoms with E-state index in [1.165, 1.54) is 44.9 Å². The molecule has 2 rings (SSSR count). The molecule has 51 heavy (non-hydrogen) atoms. The number of benzene rings is 2. The standard InChI is InChI=1S/C45H72O6/c1-6-11-16-21-30-47-39-27-29-43(49-32-23-18-13-8-3)38(35-39)26-28-42(46)41-36-40(48-31-22-17-12-7-2)37-44(50-33-24-19-14-9-4)45(41)51-34-25-20-15-10-5/h26-29,35-37H,6-25,30-34H2,1-5H3/b28-26+. The Bertz CT molecular complexity index is 1210. The lowest BCUT2D eigenvalue weighted by Crippen LogP contribution is -2.09. The van der Waals surface area contributed by atoms with Gasteiger partial charge >= 0.3 is 0 Å². The van der Waals surface area contributed by atoms with Gasteiger partial charge in [0.05, 0.1) is 38.6 Å². The highest BCUT2D eigenvalue weighted by Gasteiger charge is 2.20. The van der Waals surface area contributed by atoms with Crippen LogP contribution in [0.4, 0.5) is 0 Å². The van der Waals surface area contributed by atoms with E-state index in [9.17, 15) is 4.79 Å². The minimum Gasteiger partial charge on any atom is -0.494 e. The van der Waals surface area contributed by atoms with Crippen molar-refractivity contribution in [3.05, 3.63) is 47.5 Å². The third-order valence-corrected chi connectivity index (χ3v) is 8.98. The first kappa shape index (κ1) is 44.0. The largest absolute Gasteiger partial charge is 0.494 e. The zero-order valence-corrected chi connectivity index (χ0v) is 33.2. The first-order valence-corrected chi connectivity index (χ1v) is 20.8. The summed E-state index contributed by atoms with van der Waals surface area (Å²) in [6.45, 7) is 14.0. The molecule has 0 aliphatic carbocycles. The minimum atomic E-state index is -0.161. The van der Waals surface area contributed by atoms with Crippen LogP contribution in [0.15, 0.2) is 36.4 Å². The number of rotatable bonds is 33. The predicted molar refractivity (Wildman–Crippen MR) is 214 cm³/mol. The van der Waals surface area contributed by atoms with E-state index in [4.69, 9.17) is 23.7 Å². The normalized spacial score (nSPS) is 11.2. The SMILES string of the molecule is CCCCCCOc1ccc(OCCCCCC)c(/C=C/C(=O)c2cc(OCCCCCC)cc(OCCCCCC)c2OCCCCCC)c1. The molecule has 6 heteroatoms. The lowest BCUT2D eigenvalue weighted by Gasteiger charge is -2.18. The lowest BCUT2D eigenvalue weighted by molar-refractivity contribution is 0.104. The summed E-state index contributed by atoms with van der Waals surface area (Å²) in [6, 6.07) is 9.66. The van der Waals surface area contributed by atoms with Crippen molar-refractivity contribution in [2.45, 2.75) is 163 Å². The van der Waals surface area contributed by atoms with Crippen LogP contribution < -0.4 is 23.7 Å². The molecule has 0 saturated heterocycles. The minimum absolute atomic E-state index is 0.161. The molecular weight excluding hydrogens is 636 g/mol. The van der Waals surface area contributed by atoms with E-state index >= 15 is 0 Å². The fourth-order valence-electron chi connectivity index (χ4n) is 5.80. The first-order chi connectivity index (χ1) is 25.1. The van der Waals surface area contributed by atoms with Gasteiger partial charge in [-0.05, 0) is 68.5 Å². The summed E-state index contributed by atoms with van der Waals surface area (Å²) in [5.74, 6) is 3.10. The molecule has 0 saturated carbocycles. The van der Waals surface area contributed by atoms with Crippen molar-refractivity contribution < 1.29 is 28.5 Å². The molecule has 2 aromatic carbocycles. The van der Waals surface area contributed by atoms with E-state index in [1.807, 2.05) is 36.4 Å². The molecule has 0 aliphatic heterocycles. The number of carbonyl (C=O) groups excluding carboxylic acids is 1. The highest BCUT2D eigenvalue weighted by Crippen LogP contribution is 2.38. The van der Waals surface area contributed by atoms with E-state index in [0.29, 0.717) is 55.8 Å². The van der Waals surface area contributed by atoms with Gasteiger partial charge in [0, 0.05) is 11.6 Å². The summed E-state index contributed by atoms with van der Waals surface area (Å²) >= 11 is 0. The highest BCUT2D eigenvalue weighted by atomic mass is 16.5. The fourth-order valence-corrected chi connectivity index (χ4v) is 5.80. The molecule has 0 amide bonds. The molecule has 2 aromatic rings. The van der Waals surface area contributed by atoms with Crippen LogP contribution in [0.1, 0.15) is 179 Å². The van der Waals surface area contributed by atoms with Crippen LogP contribution in [0.25, 0.3) is 6.08 Å². The third kappa shape index (κ3) is 19.3. The molecule has 0 atom stereocenters. The summed E-state index contributed by atoms with van der Waals surface area (Å²) in [5, 5.41) is 0. The van der Waals surface area contributed by atoms with E-state index in [0.717, 1.165) is 101 Å². The van der Waals surface area contributed by atoms with Crippen molar-refractivity contribution in [1.82, 2.24) is 0 Å². The molecule has 0 radical (unpaired) electrons. The second-order valence-corrected chi connectivity index (χ2v) is 13.7. The smallest absolute Gasteiger partial charge is 0.189 e. The first-order valence-electron chi connectivity index (χ1n) is 20.8. The van der Waals surface area contributed by atoms with Crippen LogP contribution in [0.2, 0.25) is 0 Å². The summed E-state index contributed by atoms with van der Waals surface area (Å²) in [7, 11) is 0. The summed E-state index contributed by atoms with van der Waals surface area (Å²) < 4.78 is 31.3.